The summed E-state index contributed by atoms with van der Waals surface area (Å²) in [4.78, 5) is 12.8. The minimum absolute atomic E-state index is 0.0426. The molecule has 4 rings (SSSR count). The van der Waals surface area contributed by atoms with Crippen molar-refractivity contribution in [3.63, 3.8) is 0 Å². The molecule has 3 N–H and O–H groups in total. The largest absolute Gasteiger partial charge is 0.487 e. The van der Waals surface area contributed by atoms with E-state index < -0.39 is 19.1 Å². The van der Waals surface area contributed by atoms with Crippen LogP contribution >= 0.6 is 0 Å². The summed E-state index contributed by atoms with van der Waals surface area (Å²) in [5.41, 5.74) is 7.51. The minimum Gasteiger partial charge on any atom is -0.487 e. The Labute approximate surface area is 237 Å². The van der Waals surface area contributed by atoms with Gasteiger partial charge in [0.15, 0.2) is 6.61 Å². The Kier molecular flexibility index (Phi) is 10.0. The first-order chi connectivity index (χ1) is 19.8. The van der Waals surface area contributed by atoms with Gasteiger partial charge in [0, 0.05) is 25.1 Å². The molecular formula is C28H34F2N8O3. The van der Waals surface area contributed by atoms with Crippen molar-refractivity contribution >= 4 is 18.0 Å². The van der Waals surface area contributed by atoms with Gasteiger partial charge in [-0.1, -0.05) is 25.3 Å². The summed E-state index contributed by atoms with van der Waals surface area (Å²) >= 11 is 0. The van der Waals surface area contributed by atoms with Gasteiger partial charge in [0.25, 0.3) is 5.88 Å². The molecule has 1 fully saturated rings. The second kappa shape index (κ2) is 13.8. The van der Waals surface area contributed by atoms with E-state index in [2.05, 4.69) is 36.2 Å². The number of hydrogen-bond acceptors (Lipinski definition) is 9. The number of nitriles is 1. The number of ether oxygens (including phenoxy) is 3. The van der Waals surface area contributed by atoms with E-state index in [1.807, 2.05) is 6.92 Å². The minimum atomic E-state index is -3.17. The molecule has 11 nitrogen and oxygen atoms in total. The highest BCUT2D eigenvalue weighted by atomic mass is 19.3. The molecule has 1 atom stereocenters. The zero-order valence-corrected chi connectivity index (χ0v) is 23.1. The van der Waals surface area contributed by atoms with Gasteiger partial charge in [-0.25, -0.2) is 18.7 Å². The molecule has 0 amide bonds. The SMILES string of the molecule is COCC(F)(F)COc1nn(C2CCCCC2)cc1Nc1ncc(-c2ccc(C#N)c(O[C@@H](C)CN=CN)c2)cn1. The lowest BCUT2D eigenvalue weighted by molar-refractivity contribution is -0.0917. The molecule has 0 spiro atoms. The van der Waals surface area contributed by atoms with Crippen molar-refractivity contribution < 1.29 is 23.0 Å². The molecule has 0 radical (unpaired) electrons. The van der Waals surface area contributed by atoms with Crippen LogP contribution in [0.4, 0.5) is 20.4 Å². The van der Waals surface area contributed by atoms with Crippen molar-refractivity contribution in [1.29, 1.82) is 5.26 Å². The first-order valence-corrected chi connectivity index (χ1v) is 13.4. The molecule has 41 heavy (non-hydrogen) atoms. The molecule has 1 aromatic carbocycles. The topological polar surface area (TPSA) is 145 Å². The molecule has 2 heterocycles. The maximum Gasteiger partial charge on any atom is 0.304 e. The van der Waals surface area contributed by atoms with E-state index in [-0.39, 0.29) is 24.0 Å². The van der Waals surface area contributed by atoms with Gasteiger partial charge in [0.2, 0.25) is 5.95 Å². The quantitative estimate of drug-likeness (QED) is 0.218. The van der Waals surface area contributed by atoms with E-state index >= 15 is 0 Å². The molecular weight excluding hydrogens is 534 g/mol. The number of aromatic nitrogens is 4. The predicted molar refractivity (Wildman–Crippen MR) is 150 cm³/mol. The summed E-state index contributed by atoms with van der Waals surface area (Å²) in [5, 5.41) is 17.0. The number of nitrogens with one attached hydrogen (secondary N) is 1. The van der Waals surface area contributed by atoms with Gasteiger partial charge in [-0.3, -0.25) is 9.67 Å². The Balaban J connectivity index is 1.53. The zero-order valence-electron chi connectivity index (χ0n) is 23.1. The number of nitrogens with zero attached hydrogens (tertiary/aromatic N) is 6. The van der Waals surface area contributed by atoms with E-state index in [0.717, 1.165) is 31.2 Å². The molecule has 1 aliphatic rings. The average molecular weight is 569 g/mol. The third-order valence-electron chi connectivity index (χ3n) is 6.55. The first-order valence-electron chi connectivity index (χ1n) is 13.4. The standard InChI is InChI=1S/C28H34F2N8O3/c1-19(12-33-18-32)41-25-10-20(8-9-21(25)11-31)22-13-34-27(35-14-22)36-24-15-38(23-6-4-3-5-7-23)37-26(24)40-17-28(29,30)16-39-2/h8-10,13-15,18-19,23H,3-7,12,16-17H2,1-2H3,(H2,32,33)(H,34,35,36)/t19-/m0/s1. The van der Waals surface area contributed by atoms with Crippen molar-refractivity contribution in [2.75, 3.05) is 32.2 Å². The Morgan fingerprint density at radius 1 is 1.22 bits per heavy atom. The average Bonchev–Trinajstić information content (AvgIpc) is 3.38. The second-order valence-electron chi connectivity index (χ2n) is 9.88. The maximum absolute atomic E-state index is 14.1. The highest BCUT2D eigenvalue weighted by molar-refractivity contribution is 5.67. The van der Waals surface area contributed by atoms with Crippen LogP contribution in [0.25, 0.3) is 11.1 Å². The fraction of sp³-hybridized carbons (Fsp3) is 0.464. The third-order valence-corrected chi connectivity index (χ3v) is 6.55. The number of anilines is 2. The Morgan fingerprint density at radius 2 is 1.98 bits per heavy atom. The second-order valence-corrected chi connectivity index (χ2v) is 9.88. The Bertz CT molecular complexity index is 1350. The number of methoxy groups -OCH3 is 1. The molecule has 218 valence electrons. The predicted octanol–water partition coefficient (Wildman–Crippen LogP) is 4.88. The molecule has 0 saturated heterocycles. The zero-order chi connectivity index (χ0) is 29.2. The lowest BCUT2D eigenvalue weighted by atomic mass is 9.96. The molecule has 1 saturated carbocycles. The molecule has 0 bridgehead atoms. The van der Waals surface area contributed by atoms with Crippen LogP contribution in [-0.4, -0.2) is 65.0 Å². The molecule has 0 unspecified atom stereocenters. The number of alkyl halides is 2. The number of hydrogen-bond donors (Lipinski definition) is 2. The van der Waals surface area contributed by atoms with Gasteiger partial charge in [0.05, 0.1) is 30.7 Å². The van der Waals surface area contributed by atoms with Gasteiger partial charge >= 0.3 is 5.92 Å². The van der Waals surface area contributed by atoms with Crippen LogP contribution in [0.15, 0.2) is 41.8 Å². The van der Waals surface area contributed by atoms with Crippen LogP contribution in [0.2, 0.25) is 0 Å². The molecule has 1 aliphatic carbocycles. The van der Waals surface area contributed by atoms with E-state index in [0.29, 0.717) is 29.1 Å². The van der Waals surface area contributed by atoms with E-state index in [9.17, 15) is 14.0 Å². The number of benzene rings is 1. The smallest absolute Gasteiger partial charge is 0.304 e. The first kappa shape index (κ1) is 29.7. The maximum atomic E-state index is 14.1. The van der Waals surface area contributed by atoms with Gasteiger partial charge in [-0.2, -0.15) is 5.26 Å². The number of halogens is 2. The highest BCUT2D eigenvalue weighted by Gasteiger charge is 2.31. The summed E-state index contributed by atoms with van der Waals surface area (Å²) in [6, 6.07) is 7.48. The van der Waals surface area contributed by atoms with E-state index in [4.69, 9.17) is 15.2 Å². The van der Waals surface area contributed by atoms with Gasteiger partial charge < -0.3 is 25.3 Å². The van der Waals surface area contributed by atoms with Crippen LogP contribution in [0, 0.1) is 11.3 Å². The normalized spacial score (nSPS) is 15.0. The monoisotopic (exact) mass is 568 g/mol. The number of aliphatic imine (C=N–C) groups is 1. The van der Waals surface area contributed by atoms with Crippen molar-refractivity contribution in [3.05, 3.63) is 42.4 Å². The van der Waals surface area contributed by atoms with E-state index in [1.54, 1.807) is 41.5 Å². The lowest BCUT2D eigenvalue weighted by Gasteiger charge is -2.21. The summed E-state index contributed by atoms with van der Waals surface area (Å²) in [6.45, 7) is 0.545. The van der Waals surface area contributed by atoms with Gasteiger partial charge in [0.1, 0.15) is 30.2 Å². The fourth-order valence-electron chi connectivity index (χ4n) is 4.54. The fourth-order valence-corrected chi connectivity index (χ4v) is 4.54. The summed E-state index contributed by atoms with van der Waals surface area (Å²) in [5.74, 6) is -2.48. The van der Waals surface area contributed by atoms with Gasteiger partial charge in [-0.05, 0) is 37.5 Å². The van der Waals surface area contributed by atoms with Gasteiger partial charge in [-0.15, -0.1) is 5.10 Å². The summed E-state index contributed by atoms with van der Waals surface area (Å²) in [7, 11) is 1.21. The van der Waals surface area contributed by atoms with Crippen LogP contribution in [-0.2, 0) is 4.74 Å². The molecule has 3 aromatic rings. The number of nitrogens with two attached hydrogens (primary N) is 1. The van der Waals surface area contributed by atoms with Crippen LogP contribution in [0.3, 0.4) is 0 Å². The van der Waals surface area contributed by atoms with Crippen molar-refractivity contribution in [2.24, 2.45) is 10.7 Å². The Hall–Kier alpha value is -4.31. The van der Waals surface area contributed by atoms with Crippen molar-refractivity contribution in [3.8, 4) is 28.8 Å². The van der Waals surface area contributed by atoms with Crippen LogP contribution < -0.4 is 20.5 Å². The van der Waals surface area contributed by atoms with Crippen LogP contribution in [0.5, 0.6) is 11.6 Å². The summed E-state index contributed by atoms with van der Waals surface area (Å²) < 4.78 is 45.9. The molecule has 0 aliphatic heterocycles. The van der Waals surface area contributed by atoms with Crippen LogP contribution in [0.1, 0.15) is 50.6 Å². The highest BCUT2D eigenvalue weighted by Crippen LogP contribution is 2.34. The van der Waals surface area contributed by atoms with Crippen molar-refractivity contribution in [1.82, 2.24) is 19.7 Å². The molecule has 2 aromatic heterocycles. The number of rotatable bonds is 13. The lowest BCUT2D eigenvalue weighted by Crippen LogP contribution is -2.31. The van der Waals surface area contributed by atoms with Crippen molar-refractivity contribution in [2.45, 2.75) is 57.1 Å². The third kappa shape index (κ3) is 8.11. The molecule has 13 heteroatoms. The van der Waals surface area contributed by atoms with E-state index in [1.165, 1.54) is 19.9 Å². The summed E-state index contributed by atoms with van der Waals surface area (Å²) in [6.07, 6.45) is 11.2. The Morgan fingerprint density at radius 3 is 2.66 bits per heavy atom.